The molecule has 8 aliphatic rings. The first kappa shape index (κ1) is 35.8. The molecule has 0 radical (unpaired) electrons. The van der Waals surface area contributed by atoms with Crippen LogP contribution < -0.4 is 0 Å². The molecule has 0 amide bonds. The number of nitrogens with zero attached hydrogens (tertiary/aromatic N) is 2. The van der Waals surface area contributed by atoms with Crippen molar-refractivity contribution in [3.05, 3.63) is 80.9 Å². The molecule has 6 nitrogen and oxygen atoms in total. The Labute approximate surface area is 355 Å². The van der Waals surface area contributed by atoms with Crippen molar-refractivity contribution in [2.75, 3.05) is 0 Å². The van der Waals surface area contributed by atoms with E-state index in [0.29, 0.717) is 23.0 Å². The Morgan fingerprint density at radius 2 is 1.31 bits per heavy atom. The third kappa shape index (κ3) is 4.85. The predicted molar refractivity (Wildman–Crippen MR) is 239 cm³/mol. The van der Waals surface area contributed by atoms with Gasteiger partial charge in [-0.3, -0.25) is 14.4 Å². The summed E-state index contributed by atoms with van der Waals surface area (Å²) >= 11 is 5.47. The quantitative estimate of drug-likeness (QED) is 0.192. The minimum Gasteiger partial charge on any atom is -0.382 e. The summed E-state index contributed by atoms with van der Waals surface area (Å²) < 4.78 is 2.49. The van der Waals surface area contributed by atoms with Gasteiger partial charge < -0.3 is 5.11 Å². The topological polar surface area (TPSA) is 96.2 Å². The molecule has 5 unspecified atom stereocenters. The second kappa shape index (κ2) is 12.8. The Hall–Kier alpha value is -3.89. The maximum atomic E-state index is 14.2. The average molecular weight is 835 g/mol. The summed E-state index contributed by atoms with van der Waals surface area (Å²) in [5.41, 5.74) is 6.73. The molecule has 8 aliphatic carbocycles. The molecule has 0 bridgehead atoms. The van der Waals surface area contributed by atoms with Gasteiger partial charge in [0.25, 0.3) is 0 Å². The van der Waals surface area contributed by atoms with Crippen LogP contribution in [0.15, 0.2) is 58.1 Å². The minimum absolute atomic E-state index is 0.0332. The molecule has 3 aromatic heterocycles. The van der Waals surface area contributed by atoms with Crippen LogP contribution in [0.5, 0.6) is 0 Å². The molecule has 13 rings (SSSR count). The van der Waals surface area contributed by atoms with Crippen LogP contribution in [0.4, 0.5) is 5.00 Å². The van der Waals surface area contributed by atoms with Gasteiger partial charge in [0, 0.05) is 48.2 Å². The summed E-state index contributed by atoms with van der Waals surface area (Å²) in [6.45, 7) is 0. The highest BCUT2D eigenvalue weighted by Gasteiger charge is 2.57. The molecular formula is C50H46N2O4S3. The summed E-state index contributed by atoms with van der Waals surface area (Å²) in [5.74, 6) is 0.720. The lowest BCUT2D eigenvalue weighted by molar-refractivity contribution is -0.123. The lowest BCUT2D eigenvalue weighted by atomic mass is 9.62. The van der Waals surface area contributed by atoms with Gasteiger partial charge in [-0.15, -0.1) is 34.0 Å². The van der Waals surface area contributed by atoms with E-state index in [2.05, 4.69) is 12.1 Å². The molecule has 2 aromatic carbocycles. The third-order valence-corrected chi connectivity index (χ3v) is 19.9. The summed E-state index contributed by atoms with van der Waals surface area (Å²) in [5, 5.41) is 14.2. The van der Waals surface area contributed by atoms with Gasteiger partial charge in [-0.2, -0.15) is 0 Å². The number of allylic oxidation sites excluding steroid dienone is 1. The molecule has 5 aromatic rings. The molecule has 1 N–H and O–H groups in total. The van der Waals surface area contributed by atoms with E-state index in [-0.39, 0.29) is 51.4 Å². The monoisotopic (exact) mass is 834 g/mol. The van der Waals surface area contributed by atoms with E-state index < -0.39 is 6.10 Å². The second-order valence-corrected chi connectivity index (χ2v) is 22.3. The maximum Gasteiger partial charge on any atom is 0.210 e. The lowest BCUT2D eigenvalue weighted by Gasteiger charge is -2.41. The number of benzene rings is 2. The van der Waals surface area contributed by atoms with E-state index >= 15 is 0 Å². The second-order valence-electron chi connectivity index (χ2n) is 19.1. The number of fused-ring (bicyclic) bond motifs is 14. The van der Waals surface area contributed by atoms with Gasteiger partial charge in [0.15, 0.2) is 11.6 Å². The Morgan fingerprint density at radius 3 is 2.00 bits per heavy atom. The highest BCUT2D eigenvalue weighted by atomic mass is 32.1. The van der Waals surface area contributed by atoms with E-state index in [1.807, 2.05) is 59.1 Å². The number of aliphatic imine (C=N–C) groups is 2. The SMILES string of the molecule is O=C1C(=Nc2cc3sc4c(c3s2)C2(CCCCC2)c2c-4sc3c2C2(CCCCC2)C(N=C2C(=O)C4CC5CCCCC5CC4C2=O)=C3)C(O)c2cc3ccccc3cc21. The number of hydrogen-bond acceptors (Lipinski definition) is 9. The van der Waals surface area contributed by atoms with Crippen LogP contribution in [-0.2, 0) is 20.4 Å². The Morgan fingerprint density at radius 1 is 0.661 bits per heavy atom. The molecule has 59 heavy (non-hydrogen) atoms. The Bertz CT molecular complexity index is 2780. The van der Waals surface area contributed by atoms with Gasteiger partial charge >= 0.3 is 0 Å². The zero-order chi connectivity index (χ0) is 39.4. The maximum absolute atomic E-state index is 14.2. The summed E-state index contributed by atoms with van der Waals surface area (Å²) in [6.07, 6.45) is 19.2. The number of thiophene rings is 3. The van der Waals surface area contributed by atoms with Crippen molar-refractivity contribution in [2.45, 2.75) is 120 Å². The van der Waals surface area contributed by atoms with Crippen molar-refractivity contribution in [3.8, 4) is 9.75 Å². The molecule has 298 valence electrons. The number of ketones is 3. The van der Waals surface area contributed by atoms with Crippen molar-refractivity contribution in [3.63, 3.8) is 0 Å². The zero-order valence-electron chi connectivity index (χ0n) is 33.1. The zero-order valence-corrected chi connectivity index (χ0v) is 35.6. The summed E-state index contributed by atoms with van der Waals surface area (Å²) in [6, 6.07) is 13.9. The van der Waals surface area contributed by atoms with Gasteiger partial charge in [-0.1, -0.05) is 88.5 Å². The standard InChI is InChI=1S/C50H46N2O4S3/c53-42-29-19-25-11-3-4-12-26(25)20-30(29)43(54)40(42)51-35-23-33-37(49(35)15-7-1-8-16-49)38-47(57-33)48-39(50(38)17-9-2-10-18-50)46-34(58-48)24-36(59-46)52-41-44(55)31-21-27-13-5-6-14-28(27)22-32(31)45(41)56/h5-6,13-14,21-26,29-30,44,55H,1-4,7-12,15-20H2. The number of hydrogen-bond donors (Lipinski definition) is 1. The fourth-order valence-corrected chi connectivity index (χ4v) is 17.9. The molecule has 9 heteroatoms. The molecule has 5 fully saturated rings. The Balaban J connectivity index is 0.900. The predicted octanol–water partition coefficient (Wildman–Crippen LogP) is 12.4. The lowest BCUT2D eigenvalue weighted by Crippen LogP contribution is -2.35. The smallest absolute Gasteiger partial charge is 0.210 e. The van der Waals surface area contributed by atoms with Crippen molar-refractivity contribution in [1.29, 1.82) is 0 Å². The first-order valence-electron chi connectivity index (χ1n) is 22.3. The molecule has 2 spiro atoms. The number of aliphatic hydroxyl groups is 1. The van der Waals surface area contributed by atoms with Crippen LogP contribution in [0.3, 0.4) is 0 Å². The van der Waals surface area contributed by atoms with Crippen molar-refractivity contribution >= 4 is 94.0 Å². The normalized spacial score (nSPS) is 29.3. The van der Waals surface area contributed by atoms with Crippen LogP contribution in [0.25, 0.3) is 36.0 Å². The Kier molecular flexibility index (Phi) is 7.79. The van der Waals surface area contributed by atoms with E-state index in [1.54, 1.807) is 11.3 Å². The van der Waals surface area contributed by atoms with Crippen LogP contribution in [0, 0.1) is 23.7 Å². The van der Waals surface area contributed by atoms with Crippen LogP contribution in [-0.4, -0.2) is 33.9 Å². The molecule has 3 heterocycles. The van der Waals surface area contributed by atoms with E-state index in [9.17, 15) is 19.5 Å². The fraction of sp³-hybridized carbons (Fsp3) is 0.460. The highest BCUT2D eigenvalue weighted by molar-refractivity contribution is 7.33. The van der Waals surface area contributed by atoms with Crippen LogP contribution in [0.2, 0.25) is 0 Å². The average Bonchev–Trinajstić information content (AvgIpc) is 4.10. The van der Waals surface area contributed by atoms with E-state index in [1.165, 1.54) is 92.1 Å². The van der Waals surface area contributed by atoms with Gasteiger partial charge in [0.2, 0.25) is 5.78 Å². The number of Topliss-reactive ketones (excluding diaryl/α,β-unsaturated/α-hetero) is 3. The van der Waals surface area contributed by atoms with Crippen molar-refractivity contribution < 1.29 is 19.5 Å². The van der Waals surface area contributed by atoms with Gasteiger partial charge in [-0.25, -0.2) is 9.98 Å². The van der Waals surface area contributed by atoms with Crippen molar-refractivity contribution in [2.24, 2.45) is 33.7 Å². The molecule has 5 saturated carbocycles. The van der Waals surface area contributed by atoms with Gasteiger partial charge in [-0.05, 0) is 102 Å². The van der Waals surface area contributed by atoms with E-state index in [0.717, 1.165) is 72.8 Å². The number of aliphatic hydroxyl groups excluding tert-OH is 1. The summed E-state index contributed by atoms with van der Waals surface area (Å²) in [7, 11) is 0. The largest absolute Gasteiger partial charge is 0.382 e. The number of rotatable bonds is 2. The van der Waals surface area contributed by atoms with Gasteiger partial charge in [0.1, 0.15) is 22.5 Å². The van der Waals surface area contributed by atoms with E-state index in [4.69, 9.17) is 9.98 Å². The van der Waals surface area contributed by atoms with Crippen molar-refractivity contribution in [1.82, 2.24) is 0 Å². The molecular weight excluding hydrogens is 789 g/mol. The highest BCUT2D eigenvalue weighted by Crippen LogP contribution is 2.69. The molecule has 5 atom stereocenters. The number of carbonyl (C=O) groups is 3. The molecule has 0 aliphatic heterocycles. The minimum atomic E-state index is -1.05. The summed E-state index contributed by atoms with van der Waals surface area (Å²) in [4.78, 5) is 56.5. The first-order chi connectivity index (χ1) is 28.8. The molecule has 0 saturated heterocycles. The fourth-order valence-electron chi connectivity index (χ4n) is 13.6. The third-order valence-electron chi connectivity index (χ3n) is 16.3. The first-order valence-corrected chi connectivity index (χ1v) is 24.8. The number of carbonyl (C=O) groups excluding carboxylic acids is 3. The van der Waals surface area contributed by atoms with Gasteiger partial charge in [0.05, 0.1) is 15.3 Å². The van der Waals surface area contributed by atoms with Crippen LogP contribution in [0.1, 0.15) is 146 Å². The van der Waals surface area contributed by atoms with Crippen LogP contribution >= 0.6 is 34.0 Å².